The number of aliphatic hydroxyl groups is 1. The number of fused-ring (bicyclic) bond motifs is 1. The van der Waals surface area contributed by atoms with E-state index in [1.54, 1.807) is 24.3 Å². The molecule has 3 atom stereocenters. The fourth-order valence-corrected chi connectivity index (χ4v) is 4.50. The molecule has 7 heteroatoms. The lowest BCUT2D eigenvalue weighted by atomic mass is 9.81. The molecule has 3 aromatic rings. The molecule has 0 fully saturated rings. The molecule has 0 bridgehead atoms. The van der Waals surface area contributed by atoms with Gasteiger partial charge in [0, 0.05) is 37.2 Å². The summed E-state index contributed by atoms with van der Waals surface area (Å²) in [7, 11) is 0. The number of benzene rings is 2. The minimum absolute atomic E-state index is 0.00490. The van der Waals surface area contributed by atoms with Crippen molar-refractivity contribution < 1.29 is 23.8 Å². The van der Waals surface area contributed by atoms with Crippen LogP contribution in [0.15, 0.2) is 81.9 Å². The molecule has 2 heterocycles. The van der Waals surface area contributed by atoms with E-state index in [4.69, 9.17) is 13.9 Å². The molecule has 1 aliphatic rings. The van der Waals surface area contributed by atoms with Gasteiger partial charge in [-0.1, -0.05) is 42.5 Å². The summed E-state index contributed by atoms with van der Waals surface area (Å²) in [4.78, 5) is 26.4. The second-order valence-corrected chi connectivity index (χ2v) is 8.54. The van der Waals surface area contributed by atoms with E-state index in [1.807, 2.05) is 43.3 Å². The van der Waals surface area contributed by atoms with Crippen molar-refractivity contribution in [3.63, 3.8) is 0 Å². The monoisotopic (exact) mass is 477 g/mol. The van der Waals surface area contributed by atoms with Crippen molar-refractivity contribution in [1.82, 2.24) is 5.32 Å². The Morgan fingerprint density at radius 2 is 1.89 bits per heavy atom. The zero-order chi connectivity index (χ0) is 24.6. The highest BCUT2D eigenvalue weighted by atomic mass is 16.7. The highest BCUT2D eigenvalue weighted by Gasteiger charge is 2.39. The van der Waals surface area contributed by atoms with Gasteiger partial charge in [-0.3, -0.25) is 9.59 Å². The predicted molar refractivity (Wildman–Crippen MR) is 133 cm³/mol. The van der Waals surface area contributed by atoms with Crippen molar-refractivity contribution in [2.45, 2.75) is 38.4 Å². The Bertz CT molecular complexity index is 1220. The highest BCUT2D eigenvalue weighted by Crippen LogP contribution is 2.38. The zero-order valence-electron chi connectivity index (χ0n) is 19.8. The molecule has 0 saturated heterocycles. The van der Waals surface area contributed by atoms with Gasteiger partial charge in [0.15, 0.2) is 11.2 Å². The Kier molecular flexibility index (Phi) is 8.34. The van der Waals surface area contributed by atoms with E-state index in [9.17, 15) is 14.7 Å². The number of nitrogens with one attached hydrogen (secondary N) is 1. The lowest BCUT2D eigenvalue weighted by Crippen LogP contribution is -2.40. The van der Waals surface area contributed by atoms with Gasteiger partial charge in [0.2, 0.25) is 6.29 Å². The van der Waals surface area contributed by atoms with Crippen molar-refractivity contribution in [2.75, 3.05) is 19.8 Å². The number of amides is 1. The van der Waals surface area contributed by atoms with E-state index < -0.39 is 12.2 Å². The number of ether oxygens (including phenoxy) is 2. The van der Waals surface area contributed by atoms with Crippen LogP contribution < -0.4 is 10.7 Å². The Hall–Kier alpha value is -3.42. The molecule has 35 heavy (non-hydrogen) atoms. The molecule has 1 aromatic heterocycles. The summed E-state index contributed by atoms with van der Waals surface area (Å²) < 4.78 is 17.6. The second-order valence-electron chi connectivity index (χ2n) is 8.54. The summed E-state index contributed by atoms with van der Waals surface area (Å²) >= 11 is 0. The molecule has 2 N–H and O–H groups in total. The first-order chi connectivity index (χ1) is 17.1. The number of carbonyl (C=O) groups is 1. The Labute approximate surface area is 204 Å². The van der Waals surface area contributed by atoms with Crippen LogP contribution in [-0.2, 0) is 20.7 Å². The number of para-hydroxylation sites is 1. The van der Waals surface area contributed by atoms with Gasteiger partial charge in [-0.25, -0.2) is 0 Å². The lowest BCUT2D eigenvalue weighted by Gasteiger charge is -2.36. The standard InChI is InChI=1S/C28H31NO6/c1-2-33-28-20(12-8-16-30)22(23-18-34-24-13-7-6-11-21(24)26(23)31)17-25(35-28)27(32)29-15-14-19-9-4-3-5-10-19/h3-7,9-11,13,17-18,20,22,28,30H,2,8,12,14-16H2,1H3,(H,29,32)/t20-,22-,28+/m0/s1. The first kappa shape index (κ1) is 24.7. The summed E-state index contributed by atoms with van der Waals surface area (Å²) in [6.45, 7) is 2.68. The second kappa shape index (κ2) is 11.8. The van der Waals surface area contributed by atoms with E-state index in [0.717, 1.165) is 5.56 Å². The van der Waals surface area contributed by atoms with Gasteiger partial charge >= 0.3 is 0 Å². The van der Waals surface area contributed by atoms with Crippen molar-refractivity contribution >= 4 is 16.9 Å². The quantitative estimate of drug-likeness (QED) is 0.460. The van der Waals surface area contributed by atoms with Gasteiger partial charge in [0.1, 0.15) is 5.58 Å². The van der Waals surface area contributed by atoms with Crippen LogP contribution in [0.4, 0.5) is 0 Å². The summed E-state index contributed by atoms with van der Waals surface area (Å²) in [6.07, 6.45) is 4.18. The van der Waals surface area contributed by atoms with Crippen molar-refractivity contribution in [3.8, 4) is 0 Å². The molecule has 0 saturated carbocycles. The fourth-order valence-electron chi connectivity index (χ4n) is 4.50. The highest BCUT2D eigenvalue weighted by molar-refractivity contribution is 5.91. The molecule has 1 aliphatic heterocycles. The number of rotatable bonds is 10. The maximum absolute atomic E-state index is 13.4. The Balaban J connectivity index is 1.64. The first-order valence-electron chi connectivity index (χ1n) is 12.1. The minimum atomic E-state index is -0.734. The first-order valence-corrected chi connectivity index (χ1v) is 12.1. The molecule has 0 aliphatic carbocycles. The van der Waals surface area contributed by atoms with Crippen LogP contribution in [0.3, 0.4) is 0 Å². The van der Waals surface area contributed by atoms with Gasteiger partial charge in [0.05, 0.1) is 11.6 Å². The van der Waals surface area contributed by atoms with Gasteiger partial charge in [-0.15, -0.1) is 0 Å². The van der Waals surface area contributed by atoms with Crippen LogP contribution in [0.1, 0.15) is 36.8 Å². The van der Waals surface area contributed by atoms with Crippen LogP contribution in [0.2, 0.25) is 0 Å². The summed E-state index contributed by atoms with van der Waals surface area (Å²) in [5.41, 5.74) is 1.91. The molecular formula is C28H31NO6. The molecule has 1 amide bonds. The third-order valence-corrected chi connectivity index (χ3v) is 6.24. The third-order valence-electron chi connectivity index (χ3n) is 6.24. The zero-order valence-corrected chi connectivity index (χ0v) is 19.8. The average molecular weight is 478 g/mol. The van der Waals surface area contributed by atoms with Gasteiger partial charge in [-0.2, -0.15) is 0 Å². The number of hydrogen-bond donors (Lipinski definition) is 2. The van der Waals surface area contributed by atoms with E-state index >= 15 is 0 Å². The summed E-state index contributed by atoms with van der Waals surface area (Å²) in [6, 6.07) is 17.0. The van der Waals surface area contributed by atoms with Crippen LogP contribution in [0.5, 0.6) is 0 Å². The normalized spacial score (nSPS) is 19.7. The maximum Gasteiger partial charge on any atom is 0.286 e. The molecule has 4 rings (SSSR count). The van der Waals surface area contributed by atoms with Gasteiger partial charge < -0.3 is 24.3 Å². The number of allylic oxidation sites excluding steroid dienone is 1. The van der Waals surface area contributed by atoms with Gasteiger partial charge in [-0.05, 0) is 50.0 Å². The maximum atomic E-state index is 13.4. The average Bonchev–Trinajstić information content (AvgIpc) is 2.89. The molecule has 7 nitrogen and oxygen atoms in total. The van der Waals surface area contributed by atoms with Crippen molar-refractivity contribution in [2.24, 2.45) is 5.92 Å². The fraction of sp³-hybridized carbons (Fsp3) is 0.357. The van der Waals surface area contributed by atoms with Crippen LogP contribution >= 0.6 is 0 Å². The summed E-state index contributed by atoms with van der Waals surface area (Å²) in [5, 5.41) is 12.8. The molecule has 0 radical (unpaired) electrons. The largest absolute Gasteiger partial charge is 0.464 e. The van der Waals surface area contributed by atoms with Crippen molar-refractivity contribution in [3.05, 3.63) is 94.0 Å². The molecule has 184 valence electrons. The smallest absolute Gasteiger partial charge is 0.286 e. The molecule has 0 unspecified atom stereocenters. The topological polar surface area (TPSA) is 98.0 Å². The number of hydrogen-bond acceptors (Lipinski definition) is 6. The third kappa shape index (κ3) is 5.81. The minimum Gasteiger partial charge on any atom is -0.464 e. The van der Waals surface area contributed by atoms with Crippen LogP contribution in [0, 0.1) is 5.92 Å². The lowest BCUT2D eigenvalue weighted by molar-refractivity contribution is -0.166. The Morgan fingerprint density at radius 1 is 1.11 bits per heavy atom. The summed E-state index contributed by atoms with van der Waals surface area (Å²) in [5.74, 6) is -0.981. The molecular weight excluding hydrogens is 446 g/mol. The van der Waals surface area contributed by atoms with Crippen LogP contribution in [0.25, 0.3) is 11.0 Å². The number of aliphatic hydroxyl groups excluding tert-OH is 1. The van der Waals surface area contributed by atoms with Crippen LogP contribution in [-0.4, -0.2) is 37.1 Å². The van der Waals surface area contributed by atoms with E-state index in [-0.39, 0.29) is 29.6 Å². The molecule has 2 aromatic carbocycles. The van der Waals surface area contributed by atoms with E-state index in [2.05, 4.69) is 5.32 Å². The number of carbonyl (C=O) groups excluding carboxylic acids is 1. The van der Waals surface area contributed by atoms with E-state index in [0.29, 0.717) is 48.9 Å². The molecule has 0 spiro atoms. The van der Waals surface area contributed by atoms with Gasteiger partial charge in [0.25, 0.3) is 5.91 Å². The van der Waals surface area contributed by atoms with Crippen molar-refractivity contribution in [1.29, 1.82) is 0 Å². The van der Waals surface area contributed by atoms with E-state index in [1.165, 1.54) is 6.26 Å². The Morgan fingerprint density at radius 3 is 2.66 bits per heavy atom. The SMILES string of the molecule is CCO[C@@H]1OC(C(=O)NCCc2ccccc2)=C[C@H](c2coc3ccccc3c2=O)[C@@H]1CCCO. The predicted octanol–water partition coefficient (Wildman–Crippen LogP) is 3.90.